The summed E-state index contributed by atoms with van der Waals surface area (Å²) in [5.41, 5.74) is 5.82. The van der Waals surface area contributed by atoms with Gasteiger partial charge in [-0.1, -0.05) is 48.0 Å². The van der Waals surface area contributed by atoms with Crippen molar-refractivity contribution in [3.05, 3.63) is 83.4 Å². The highest BCUT2D eigenvalue weighted by molar-refractivity contribution is 5.77. The van der Waals surface area contributed by atoms with Gasteiger partial charge in [-0.25, -0.2) is 0 Å². The highest BCUT2D eigenvalue weighted by Crippen LogP contribution is 2.22. The van der Waals surface area contributed by atoms with Gasteiger partial charge >= 0.3 is 0 Å². The van der Waals surface area contributed by atoms with Crippen molar-refractivity contribution in [1.82, 2.24) is 5.32 Å². The number of nitrogens with one attached hydrogen (secondary N) is 1. The Morgan fingerprint density at radius 1 is 0.724 bits per heavy atom. The van der Waals surface area contributed by atoms with Crippen molar-refractivity contribution in [2.75, 3.05) is 19.8 Å². The molecule has 0 aliphatic carbocycles. The summed E-state index contributed by atoms with van der Waals surface area (Å²) in [7, 11) is 0. The fraction of sp³-hybridized carbons (Fsp3) is 0.240. The summed E-state index contributed by atoms with van der Waals surface area (Å²) in [5, 5.41) is 2.81. The predicted molar refractivity (Wildman–Crippen MR) is 117 cm³/mol. The maximum atomic E-state index is 12.0. The number of benzene rings is 3. The molecule has 0 aliphatic rings. The van der Waals surface area contributed by atoms with Crippen LogP contribution in [0.2, 0.25) is 0 Å². The monoisotopic (exact) mass is 389 g/mol. The molecule has 29 heavy (non-hydrogen) atoms. The minimum atomic E-state index is -0.170. The third-order valence-electron chi connectivity index (χ3n) is 4.50. The maximum absolute atomic E-state index is 12.0. The molecule has 1 N–H and O–H groups in total. The van der Waals surface area contributed by atoms with Gasteiger partial charge in [-0.3, -0.25) is 4.79 Å². The van der Waals surface area contributed by atoms with Crippen molar-refractivity contribution in [3.63, 3.8) is 0 Å². The molecule has 4 heteroatoms. The number of hydrogen-bond donors (Lipinski definition) is 1. The first-order valence-electron chi connectivity index (χ1n) is 9.77. The van der Waals surface area contributed by atoms with Gasteiger partial charge in [0.2, 0.25) is 0 Å². The van der Waals surface area contributed by atoms with Crippen LogP contribution >= 0.6 is 0 Å². The van der Waals surface area contributed by atoms with E-state index >= 15 is 0 Å². The van der Waals surface area contributed by atoms with Gasteiger partial charge in [0, 0.05) is 0 Å². The lowest BCUT2D eigenvalue weighted by molar-refractivity contribution is -0.123. The summed E-state index contributed by atoms with van der Waals surface area (Å²) < 4.78 is 11.3. The molecule has 0 aromatic heterocycles. The molecule has 0 heterocycles. The Labute approximate surface area is 172 Å². The molecule has 1 amide bonds. The standard InChI is InChI=1S/C25H27NO3/c1-18-4-6-21(7-5-18)22-8-10-23(11-9-22)29-17-25(27)26-12-13-28-24-15-19(2)14-20(3)16-24/h4-11,14-16H,12-13,17H2,1-3H3,(H,26,27). The third-order valence-corrected chi connectivity index (χ3v) is 4.50. The van der Waals surface area contributed by atoms with Gasteiger partial charge in [0.1, 0.15) is 18.1 Å². The van der Waals surface area contributed by atoms with Gasteiger partial charge < -0.3 is 14.8 Å². The smallest absolute Gasteiger partial charge is 0.258 e. The first-order valence-corrected chi connectivity index (χ1v) is 9.77. The number of ether oxygens (including phenoxy) is 2. The van der Waals surface area contributed by atoms with Crippen LogP contribution in [0.1, 0.15) is 16.7 Å². The minimum Gasteiger partial charge on any atom is -0.492 e. The molecule has 0 spiro atoms. The Morgan fingerprint density at radius 3 is 1.93 bits per heavy atom. The quantitative estimate of drug-likeness (QED) is 0.560. The van der Waals surface area contributed by atoms with Gasteiger partial charge in [0.15, 0.2) is 6.61 Å². The van der Waals surface area contributed by atoms with E-state index in [0.717, 1.165) is 28.0 Å². The van der Waals surface area contributed by atoms with Crippen molar-refractivity contribution >= 4 is 5.91 Å². The molecule has 150 valence electrons. The van der Waals surface area contributed by atoms with Crippen LogP contribution in [-0.4, -0.2) is 25.7 Å². The lowest BCUT2D eigenvalue weighted by Gasteiger charge is -2.10. The SMILES string of the molecule is Cc1ccc(-c2ccc(OCC(=O)NCCOc3cc(C)cc(C)c3)cc2)cc1. The van der Waals surface area contributed by atoms with E-state index in [0.29, 0.717) is 18.9 Å². The fourth-order valence-corrected chi connectivity index (χ4v) is 3.07. The van der Waals surface area contributed by atoms with Crippen molar-refractivity contribution in [2.24, 2.45) is 0 Å². The van der Waals surface area contributed by atoms with Crippen LogP contribution in [0.3, 0.4) is 0 Å². The lowest BCUT2D eigenvalue weighted by Crippen LogP contribution is -2.32. The van der Waals surface area contributed by atoms with Gasteiger partial charge in [0.05, 0.1) is 6.54 Å². The summed E-state index contributed by atoms with van der Waals surface area (Å²) in [5.74, 6) is 1.32. The Bertz CT molecular complexity index is 927. The molecule has 3 rings (SSSR count). The highest BCUT2D eigenvalue weighted by Gasteiger charge is 2.04. The maximum Gasteiger partial charge on any atom is 0.258 e. The van der Waals surface area contributed by atoms with E-state index < -0.39 is 0 Å². The predicted octanol–water partition coefficient (Wildman–Crippen LogP) is 4.85. The zero-order chi connectivity index (χ0) is 20.6. The normalized spacial score (nSPS) is 10.4. The van der Waals surface area contributed by atoms with Crippen molar-refractivity contribution in [1.29, 1.82) is 0 Å². The molecule has 0 aliphatic heterocycles. The van der Waals surface area contributed by atoms with Gasteiger partial charge in [-0.2, -0.15) is 0 Å². The fourth-order valence-electron chi connectivity index (χ4n) is 3.07. The summed E-state index contributed by atoms with van der Waals surface area (Å²) in [6.45, 7) is 6.97. The van der Waals surface area contributed by atoms with Crippen LogP contribution in [0.4, 0.5) is 0 Å². The Kier molecular flexibility index (Phi) is 6.90. The van der Waals surface area contributed by atoms with Crippen molar-refractivity contribution in [2.45, 2.75) is 20.8 Å². The summed E-state index contributed by atoms with van der Waals surface area (Å²) >= 11 is 0. The zero-order valence-corrected chi connectivity index (χ0v) is 17.2. The van der Waals surface area contributed by atoms with Gasteiger partial charge in [-0.05, 0) is 67.3 Å². The molecular formula is C25H27NO3. The third kappa shape index (κ3) is 6.39. The van der Waals surface area contributed by atoms with E-state index in [1.165, 1.54) is 5.56 Å². The van der Waals surface area contributed by atoms with Gasteiger partial charge in [0.25, 0.3) is 5.91 Å². The highest BCUT2D eigenvalue weighted by atomic mass is 16.5. The number of rotatable bonds is 8. The van der Waals surface area contributed by atoms with E-state index in [9.17, 15) is 4.79 Å². The number of carbonyl (C=O) groups excluding carboxylic acids is 1. The minimum absolute atomic E-state index is 0.0204. The number of amides is 1. The average Bonchev–Trinajstić information content (AvgIpc) is 2.70. The lowest BCUT2D eigenvalue weighted by atomic mass is 10.0. The van der Waals surface area contributed by atoms with Crippen molar-refractivity contribution in [3.8, 4) is 22.6 Å². The Hall–Kier alpha value is -3.27. The molecular weight excluding hydrogens is 362 g/mol. The molecule has 0 saturated carbocycles. The van der Waals surface area contributed by atoms with Crippen LogP contribution in [-0.2, 0) is 4.79 Å². The van der Waals surface area contributed by atoms with E-state index in [1.54, 1.807) is 0 Å². The number of aryl methyl sites for hydroxylation is 3. The molecule has 0 radical (unpaired) electrons. The first-order chi connectivity index (χ1) is 14.0. The topological polar surface area (TPSA) is 47.6 Å². The van der Waals surface area contributed by atoms with E-state index in [2.05, 4.69) is 42.6 Å². The summed E-state index contributed by atoms with van der Waals surface area (Å²) in [6.07, 6.45) is 0. The molecule has 0 fully saturated rings. The summed E-state index contributed by atoms with van der Waals surface area (Å²) in [6, 6.07) is 22.2. The average molecular weight is 389 g/mol. The molecule has 3 aromatic carbocycles. The number of hydrogen-bond acceptors (Lipinski definition) is 3. The first kappa shape index (κ1) is 20.5. The van der Waals surface area contributed by atoms with Gasteiger partial charge in [-0.15, -0.1) is 0 Å². The van der Waals surface area contributed by atoms with E-state index in [1.807, 2.05) is 50.2 Å². The van der Waals surface area contributed by atoms with Crippen LogP contribution in [0.15, 0.2) is 66.7 Å². The Morgan fingerprint density at radius 2 is 1.31 bits per heavy atom. The largest absolute Gasteiger partial charge is 0.492 e. The Balaban J connectivity index is 1.39. The molecule has 0 bridgehead atoms. The molecule has 3 aromatic rings. The van der Waals surface area contributed by atoms with Crippen LogP contribution in [0.25, 0.3) is 11.1 Å². The second kappa shape index (κ2) is 9.78. The van der Waals surface area contributed by atoms with Crippen LogP contribution in [0.5, 0.6) is 11.5 Å². The van der Waals surface area contributed by atoms with E-state index in [-0.39, 0.29) is 12.5 Å². The second-order valence-electron chi connectivity index (χ2n) is 7.20. The molecule has 0 atom stereocenters. The molecule has 4 nitrogen and oxygen atoms in total. The summed E-state index contributed by atoms with van der Waals surface area (Å²) in [4.78, 5) is 12.0. The van der Waals surface area contributed by atoms with E-state index in [4.69, 9.17) is 9.47 Å². The van der Waals surface area contributed by atoms with Crippen molar-refractivity contribution < 1.29 is 14.3 Å². The second-order valence-corrected chi connectivity index (χ2v) is 7.20. The number of carbonyl (C=O) groups is 1. The zero-order valence-electron chi connectivity index (χ0n) is 17.2. The molecule has 0 unspecified atom stereocenters. The van der Waals surface area contributed by atoms with Crippen LogP contribution < -0.4 is 14.8 Å². The molecule has 0 saturated heterocycles. The van der Waals surface area contributed by atoms with Crippen LogP contribution in [0, 0.1) is 20.8 Å².